The minimum absolute atomic E-state index is 0. The van der Waals surface area contributed by atoms with Crippen LogP contribution in [0.3, 0.4) is 0 Å². The largest absolute Gasteiger partial charge is 0.619 e. The molecular formula is C11H36O2P2S4. The molecule has 0 aromatic heterocycles. The van der Waals surface area contributed by atoms with Gasteiger partial charge < -0.3 is 17.1 Å². The topological polar surface area (TPSA) is 40.1 Å². The van der Waals surface area contributed by atoms with E-state index in [9.17, 15) is 9.46 Å². The van der Waals surface area contributed by atoms with Crippen molar-refractivity contribution >= 4 is 57.4 Å². The van der Waals surface area contributed by atoms with E-state index >= 15 is 0 Å². The second-order valence-corrected chi connectivity index (χ2v) is 11.1. The molecule has 0 bridgehead atoms. The van der Waals surface area contributed by atoms with E-state index in [-0.39, 0.29) is 42.8 Å². The molecule has 0 aliphatic heterocycles. The van der Waals surface area contributed by atoms with Crippen molar-refractivity contribution in [2.45, 2.75) is 70.5 Å². The quantitative estimate of drug-likeness (QED) is 0.404. The van der Waals surface area contributed by atoms with Gasteiger partial charge in [0.25, 0.3) is 6.20 Å². The van der Waals surface area contributed by atoms with Crippen molar-refractivity contribution in [3.05, 3.63) is 0 Å². The molecular weight excluding hydrogens is 354 g/mol. The Morgan fingerprint density at radius 1 is 1.11 bits per heavy atom. The van der Waals surface area contributed by atoms with Crippen LogP contribution < -0.4 is 4.89 Å². The predicted molar refractivity (Wildman–Crippen MR) is 110 cm³/mol. The molecule has 0 aromatic carbocycles. The molecule has 0 aromatic rings. The van der Waals surface area contributed by atoms with Gasteiger partial charge in [-0.25, -0.2) is 0 Å². The summed E-state index contributed by atoms with van der Waals surface area (Å²) in [6.07, 6.45) is 0.380. The van der Waals surface area contributed by atoms with Gasteiger partial charge in [0.05, 0.1) is 11.4 Å². The summed E-state index contributed by atoms with van der Waals surface area (Å²) in [5.74, 6) is 0. The molecule has 0 saturated carbocycles. The fourth-order valence-corrected chi connectivity index (χ4v) is 2.32. The Hall–Kier alpha value is 1.50. The van der Waals surface area contributed by atoms with Crippen LogP contribution in [0.4, 0.5) is 0 Å². The van der Waals surface area contributed by atoms with E-state index in [0.717, 1.165) is 9.50 Å². The van der Waals surface area contributed by atoms with Crippen molar-refractivity contribution < 1.29 is 9.46 Å². The summed E-state index contributed by atoms with van der Waals surface area (Å²) in [4.78, 5) is 10.5. The van der Waals surface area contributed by atoms with E-state index in [4.69, 9.17) is 0 Å². The molecule has 0 spiro atoms. The van der Waals surface area contributed by atoms with Crippen LogP contribution in [0.5, 0.6) is 0 Å². The predicted octanol–water partition coefficient (Wildman–Crippen LogP) is 6.37. The van der Waals surface area contributed by atoms with E-state index in [1.807, 2.05) is 27.7 Å². The van der Waals surface area contributed by atoms with Crippen molar-refractivity contribution in [2.75, 3.05) is 6.26 Å². The second-order valence-electron chi connectivity index (χ2n) is 1.86. The van der Waals surface area contributed by atoms with Gasteiger partial charge in [0.15, 0.2) is 0 Å². The van der Waals surface area contributed by atoms with Gasteiger partial charge in [0.2, 0.25) is 0 Å². The van der Waals surface area contributed by atoms with Crippen LogP contribution in [0.25, 0.3) is 0 Å². The van der Waals surface area contributed by atoms with Crippen LogP contribution in [-0.4, -0.2) is 11.9 Å². The van der Waals surface area contributed by atoms with E-state index in [0.29, 0.717) is 0 Å². The average molecular weight is 391 g/mol. The minimum Gasteiger partial charge on any atom is -0.619 e. The molecule has 2 atom stereocenters. The smallest absolute Gasteiger partial charge is 0.277 e. The molecule has 0 saturated heterocycles. The zero-order valence-corrected chi connectivity index (χ0v) is 14.0. The Morgan fingerprint density at radius 3 is 1.32 bits per heavy atom. The first-order chi connectivity index (χ1) is 6.45. The third kappa shape index (κ3) is 66.2. The highest BCUT2D eigenvalue weighted by atomic mass is 33.1. The number of hydrogen-bond donors (Lipinski definition) is 0. The summed E-state index contributed by atoms with van der Waals surface area (Å²) in [6.45, 7) is 6.65. The summed E-state index contributed by atoms with van der Waals surface area (Å²) < 4.78 is 9.74. The van der Waals surface area contributed by atoms with Crippen molar-refractivity contribution in [2.24, 2.45) is 0 Å². The average Bonchev–Trinajstić information content (AvgIpc) is 2.20. The van der Waals surface area contributed by atoms with Gasteiger partial charge in [-0.3, -0.25) is 0 Å². The molecule has 0 N–H and O–H groups in total. The van der Waals surface area contributed by atoms with Gasteiger partial charge in [-0.05, 0) is 13.8 Å². The van der Waals surface area contributed by atoms with Crippen LogP contribution in [0.15, 0.2) is 0 Å². The highest BCUT2D eigenvalue weighted by molar-refractivity contribution is 8.74. The number of rotatable bonds is 2. The Bertz CT molecular complexity index is 197. The zero-order chi connectivity index (χ0) is 12.1. The second kappa shape index (κ2) is 42.7. The normalized spacial score (nSPS) is 7.58. The van der Waals surface area contributed by atoms with E-state index in [1.54, 1.807) is 6.26 Å². The summed E-state index contributed by atoms with van der Waals surface area (Å²) in [7, 11) is 1.03. The molecule has 0 radical (unpaired) electrons. The van der Waals surface area contributed by atoms with Crippen LogP contribution in [-0.2, 0) is 37.5 Å². The monoisotopic (exact) mass is 390 g/mol. The van der Waals surface area contributed by atoms with Crippen LogP contribution in [0.1, 0.15) is 64.8 Å². The molecule has 126 valence electrons. The van der Waals surface area contributed by atoms with Crippen molar-refractivity contribution in [3.63, 3.8) is 0 Å². The van der Waals surface area contributed by atoms with Gasteiger partial charge >= 0.3 is 0 Å². The van der Waals surface area contributed by atoms with Crippen LogP contribution in [0, 0.1) is 0 Å². The van der Waals surface area contributed by atoms with E-state index < -0.39 is 13.1 Å². The van der Waals surface area contributed by atoms with Gasteiger partial charge in [-0.1, -0.05) is 55.5 Å². The van der Waals surface area contributed by atoms with Gasteiger partial charge in [0.1, 0.15) is 22.1 Å². The fourth-order valence-electron chi connectivity index (χ4n) is 0.0861. The lowest BCUT2D eigenvalue weighted by molar-refractivity contribution is -0.153. The summed E-state index contributed by atoms with van der Waals surface area (Å²) in [6, 6.07) is 0. The Balaban J connectivity index is -0.0000000155. The first kappa shape index (κ1) is 49.9. The maximum atomic E-state index is 10.5. The Morgan fingerprint density at radius 2 is 1.32 bits per heavy atom. The summed E-state index contributed by atoms with van der Waals surface area (Å²) >= 11 is 9.94. The molecule has 0 aliphatic carbocycles. The van der Waals surface area contributed by atoms with Crippen molar-refractivity contribution in [1.82, 2.24) is 0 Å². The highest BCUT2D eigenvalue weighted by Gasteiger charge is 1.99. The van der Waals surface area contributed by atoms with Gasteiger partial charge in [0, 0.05) is 17.4 Å². The van der Waals surface area contributed by atoms with Crippen LogP contribution >= 0.6 is 24.5 Å². The molecule has 2 unspecified atom stereocenters. The molecule has 8 heteroatoms. The molecule has 0 heterocycles. The van der Waals surface area contributed by atoms with Crippen molar-refractivity contribution in [3.8, 4) is 0 Å². The van der Waals surface area contributed by atoms with E-state index in [1.165, 1.54) is 11.4 Å². The molecule has 0 aliphatic rings. The number of hydrogen-bond acceptors (Lipinski definition) is 5. The fraction of sp³-hybridized carbons (Fsp3) is 1.00. The molecule has 0 rings (SSSR count). The van der Waals surface area contributed by atoms with E-state index in [2.05, 4.69) is 23.4 Å². The Kier molecular flexibility index (Phi) is 112. The third-order valence-corrected chi connectivity index (χ3v) is 7.20. The molecule has 2 nitrogen and oxygen atoms in total. The summed E-state index contributed by atoms with van der Waals surface area (Å²) in [5, 5.41) is 0. The first-order valence-electron chi connectivity index (χ1n) is 3.90. The Labute approximate surface area is 143 Å². The first-order valence-corrected chi connectivity index (χ1v) is 11.7. The lowest BCUT2D eigenvalue weighted by atomic mass is 10.6. The van der Waals surface area contributed by atoms with Crippen LogP contribution in [0.2, 0.25) is 0 Å². The molecule has 0 amide bonds. The lowest BCUT2D eigenvalue weighted by Crippen LogP contribution is -1.96. The van der Waals surface area contributed by atoms with Gasteiger partial charge in [-0.15, -0.1) is 0 Å². The minimum atomic E-state index is -1.35. The van der Waals surface area contributed by atoms with Gasteiger partial charge in [-0.2, -0.15) is 0 Å². The SMILES string of the molecule is C.C.C.C.C.CC.CC(C)[P+]([O-])=S=S.CS[P+](=O)[S-]. The van der Waals surface area contributed by atoms with Crippen molar-refractivity contribution in [1.29, 1.82) is 0 Å². The summed E-state index contributed by atoms with van der Waals surface area (Å²) in [5.41, 5.74) is 0.234. The molecule has 19 heavy (non-hydrogen) atoms. The standard InChI is InChI=1S/C3H7OPS2.C2H6.CH3OPS2.5CH4/c1-3(2)5(4)7-6;1-2;1-5-3(2)4;;;;;/h3H,1-2H3;1-2H3;1H3;5*1H4. The highest BCUT2D eigenvalue weighted by Crippen LogP contribution is 2.30. The molecule has 0 fully saturated rings. The lowest BCUT2D eigenvalue weighted by Gasteiger charge is -1.92. The maximum Gasteiger partial charge on any atom is 0.277 e. The zero-order valence-electron chi connectivity index (χ0n) is 8.92. The third-order valence-electron chi connectivity index (χ3n) is 0.644. The maximum absolute atomic E-state index is 10.5.